The molecule has 0 aliphatic heterocycles. The van der Waals surface area contributed by atoms with Crippen LogP contribution < -0.4 is 15.4 Å². The van der Waals surface area contributed by atoms with Crippen LogP contribution in [0.25, 0.3) is 0 Å². The number of carbonyl (C=O) groups excluding carboxylic acids is 1. The summed E-state index contributed by atoms with van der Waals surface area (Å²) < 4.78 is 19.1. The van der Waals surface area contributed by atoms with E-state index in [2.05, 4.69) is 10.6 Å². The van der Waals surface area contributed by atoms with Crippen molar-refractivity contribution in [2.45, 2.75) is 13.0 Å². The van der Waals surface area contributed by atoms with Crippen molar-refractivity contribution in [1.29, 1.82) is 0 Å². The molecule has 0 heterocycles. The summed E-state index contributed by atoms with van der Waals surface area (Å²) in [6.07, 6.45) is -1.10. The SMILES string of the molecule is Cc1ccccc1OCCNC(=O)NCC(O)c1ccccc1F. The topological polar surface area (TPSA) is 70.6 Å². The number of urea groups is 1. The number of ether oxygens (including phenoxy) is 1. The first-order valence-electron chi connectivity index (χ1n) is 7.70. The Morgan fingerprint density at radius 1 is 1.17 bits per heavy atom. The van der Waals surface area contributed by atoms with Gasteiger partial charge < -0.3 is 20.5 Å². The molecule has 0 fully saturated rings. The highest BCUT2D eigenvalue weighted by atomic mass is 19.1. The minimum atomic E-state index is -1.10. The van der Waals surface area contributed by atoms with Crippen molar-refractivity contribution in [3.63, 3.8) is 0 Å². The van der Waals surface area contributed by atoms with Crippen LogP contribution in [0.3, 0.4) is 0 Å². The summed E-state index contributed by atoms with van der Waals surface area (Å²) in [5, 5.41) is 15.0. The third-order valence-electron chi connectivity index (χ3n) is 3.46. The molecular formula is C18H21FN2O3. The normalized spacial score (nSPS) is 11.6. The van der Waals surface area contributed by atoms with Crippen LogP contribution in [0.4, 0.5) is 9.18 Å². The summed E-state index contributed by atoms with van der Waals surface area (Å²) in [6, 6.07) is 13.1. The molecule has 0 aliphatic carbocycles. The highest BCUT2D eigenvalue weighted by Gasteiger charge is 2.13. The van der Waals surface area contributed by atoms with Gasteiger partial charge in [0.05, 0.1) is 12.6 Å². The number of benzene rings is 2. The van der Waals surface area contributed by atoms with Crippen molar-refractivity contribution < 1.29 is 19.0 Å². The molecule has 2 aromatic carbocycles. The molecule has 0 saturated carbocycles. The number of amides is 2. The van der Waals surface area contributed by atoms with Gasteiger partial charge in [0.2, 0.25) is 0 Å². The maximum absolute atomic E-state index is 13.5. The van der Waals surface area contributed by atoms with Gasteiger partial charge in [0.15, 0.2) is 0 Å². The van der Waals surface area contributed by atoms with E-state index in [0.29, 0.717) is 13.2 Å². The van der Waals surface area contributed by atoms with E-state index in [9.17, 15) is 14.3 Å². The van der Waals surface area contributed by atoms with Crippen LogP contribution in [0.2, 0.25) is 0 Å². The first kappa shape index (κ1) is 17.7. The fraction of sp³-hybridized carbons (Fsp3) is 0.278. The number of carbonyl (C=O) groups is 1. The number of para-hydroxylation sites is 1. The summed E-state index contributed by atoms with van der Waals surface area (Å²) in [4.78, 5) is 11.7. The third-order valence-corrected chi connectivity index (χ3v) is 3.46. The molecule has 0 aromatic heterocycles. The van der Waals surface area contributed by atoms with E-state index in [4.69, 9.17) is 4.74 Å². The minimum Gasteiger partial charge on any atom is -0.491 e. The molecule has 1 unspecified atom stereocenters. The Morgan fingerprint density at radius 2 is 1.88 bits per heavy atom. The maximum atomic E-state index is 13.5. The van der Waals surface area contributed by atoms with Crippen molar-refractivity contribution in [3.8, 4) is 5.75 Å². The highest BCUT2D eigenvalue weighted by Crippen LogP contribution is 2.16. The van der Waals surface area contributed by atoms with Gasteiger partial charge in [0.1, 0.15) is 18.2 Å². The average molecular weight is 332 g/mol. The zero-order valence-corrected chi connectivity index (χ0v) is 13.5. The number of hydrogen-bond acceptors (Lipinski definition) is 3. The van der Waals surface area contributed by atoms with Gasteiger partial charge in [-0.15, -0.1) is 0 Å². The standard InChI is InChI=1S/C18H21FN2O3/c1-13-6-2-5-9-17(13)24-11-10-20-18(23)21-12-16(22)14-7-3-4-8-15(14)19/h2-9,16,22H,10-12H2,1H3,(H2,20,21,23). The number of halogens is 1. The largest absolute Gasteiger partial charge is 0.491 e. The van der Waals surface area contributed by atoms with E-state index >= 15 is 0 Å². The second-order valence-electron chi connectivity index (χ2n) is 5.29. The predicted molar refractivity (Wildman–Crippen MR) is 89.4 cm³/mol. The van der Waals surface area contributed by atoms with E-state index in [1.807, 2.05) is 31.2 Å². The Labute approximate surface area is 140 Å². The van der Waals surface area contributed by atoms with Crippen molar-refractivity contribution in [2.24, 2.45) is 0 Å². The van der Waals surface area contributed by atoms with Crippen molar-refractivity contribution >= 4 is 6.03 Å². The predicted octanol–water partition coefficient (Wildman–Crippen LogP) is 2.55. The number of aryl methyl sites for hydroxylation is 1. The molecule has 24 heavy (non-hydrogen) atoms. The van der Waals surface area contributed by atoms with Crippen molar-refractivity contribution in [1.82, 2.24) is 10.6 Å². The Bertz CT molecular complexity index is 679. The lowest BCUT2D eigenvalue weighted by Crippen LogP contribution is -2.39. The molecule has 0 spiro atoms. The number of aliphatic hydroxyl groups is 1. The average Bonchev–Trinajstić information content (AvgIpc) is 2.58. The molecule has 2 aromatic rings. The molecule has 0 bridgehead atoms. The molecule has 1 atom stereocenters. The maximum Gasteiger partial charge on any atom is 0.315 e. The molecule has 6 heteroatoms. The van der Waals surface area contributed by atoms with Gasteiger partial charge in [-0.05, 0) is 24.6 Å². The van der Waals surface area contributed by atoms with Crippen LogP contribution in [-0.4, -0.2) is 30.8 Å². The van der Waals surface area contributed by atoms with Crippen LogP contribution in [0.1, 0.15) is 17.2 Å². The molecule has 128 valence electrons. The molecule has 0 radical (unpaired) electrons. The summed E-state index contributed by atoms with van der Waals surface area (Å²) in [7, 11) is 0. The molecule has 5 nitrogen and oxygen atoms in total. The quantitative estimate of drug-likeness (QED) is 0.683. The summed E-state index contributed by atoms with van der Waals surface area (Å²) in [5.41, 5.74) is 1.18. The molecule has 2 rings (SSSR count). The van der Waals surface area contributed by atoms with Gasteiger partial charge >= 0.3 is 6.03 Å². The lowest BCUT2D eigenvalue weighted by molar-refractivity contribution is 0.168. The molecule has 0 saturated heterocycles. The van der Waals surface area contributed by atoms with Crippen LogP contribution >= 0.6 is 0 Å². The van der Waals surface area contributed by atoms with Crippen LogP contribution in [0.5, 0.6) is 5.75 Å². The van der Waals surface area contributed by atoms with E-state index in [1.165, 1.54) is 12.1 Å². The number of rotatable bonds is 7. The summed E-state index contributed by atoms with van der Waals surface area (Å²) >= 11 is 0. The fourth-order valence-electron chi connectivity index (χ4n) is 2.15. The van der Waals surface area contributed by atoms with Gasteiger partial charge in [-0.1, -0.05) is 36.4 Å². The Kier molecular flexibility index (Phi) is 6.57. The lowest BCUT2D eigenvalue weighted by Gasteiger charge is -2.14. The number of hydrogen-bond donors (Lipinski definition) is 3. The zero-order valence-electron chi connectivity index (χ0n) is 13.5. The number of aliphatic hydroxyl groups excluding tert-OH is 1. The molecule has 0 aliphatic rings. The second-order valence-corrected chi connectivity index (χ2v) is 5.29. The first-order valence-corrected chi connectivity index (χ1v) is 7.70. The van der Waals surface area contributed by atoms with E-state index in [0.717, 1.165) is 11.3 Å². The summed E-state index contributed by atoms with van der Waals surface area (Å²) in [6.45, 7) is 2.51. The first-order chi connectivity index (χ1) is 11.6. The van der Waals surface area contributed by atoms with Crippen LogP contribution in [0.15, 0.2) is 48.5 Å². The molecular weight excluding hydrogens is 311 g/mol. The van der Waals surface area contributed by atoms with E-state index < -0.39 is 18.0 Å². The third kappa shape index (κ3) is 5.24. The monoisotopic (exact) mass is 332 g/mol. The van der Waals surface area contributed by atoms with Gasteiger partial charge in [0.25, 0.3) is 0 Å². The zero-order chi connectivity index (χ0) is 17.4. The van der Waals surface area contributed by atoms with E-state index in [-0.39, 0.29) is 12.1 Å². The van der Waals surface area contributed by atoms with Gasteiger partial charge in [-0.3, -0.25) is 0 Å². The fourth-order valence-corrected chi connectivity index (χ4v) is 2.15. The second kappa shape index (κ2) is 8.88. The molecule has 3 N–H and O–H groups in total. The van der Waals surface area contributed by atoms with Crippen LogP contribution in [-0.2, 0) is 0 Å². The molecule has 2 amide bonds. The van der Waals surface area contributed by atoms with Crippen molar-refractivity contribution in [3.05, 3.63) is 65.5 Å². The van der Waals surface area contributed by atoms with E-state index in [1.54, 1.807) is 12.1 Å². The number of nitrogens with one attached hydrogen (secondary N) is 2. The minimum absolute atomic E-state index is 0.0780. The summed E-state index contributed by atoms with van der Waals surface area (Å²) in [5.74, 6) is 0.272. The van der Waals surface area contributed by atoms with Crippen LogP contribution in [0, 0.1) is 12.7 Å². The Balaban J connectivity index is 1.67. The van der Waals surface area contributed by atoms with Crippen molar-refractivity contribution in [2.75, 3.05) is 19.7 Å². The van der Waals surface area contributed by atoms with Gasteiger partial charge in [-0.2, -0.15) is 0 Å². The highest BCUT2D eigenvalue weighted by molar-refractivity contribution is 5.73. The van der Waals surface area contributed by atoms with Gasteiger partial charge in [-0.25, -0.2) is 9.18 Å². The lowest BCUT2D eigenvalue weighted by atomic mass is 10.1. The van der Waals surface area contributed by atoms with Gasteiger partial charge in [0, 0.05) is 12.1 Å². The Hall–Kier alpha value is -2.60. The smallest absolute Gasteiger partial charge is 0.315 e. The Morgan fingerprint density at radius 3 is 2.62 bits per heavy atom.